The molecule has 1 N–H and O–H groups in total. The SMILES string of the molecule is O=C(O)c1cccc(-c2cccc3cc(C(=O)C[C@H]4CN5CCC4CC5)oc23)c1. The van der Waals surface area contributed by atoms with Crippen molar-refractivity contribution >= 4 is 22.7 Å². The van der Waals surface area contributed by atoms with E-state index in [0.717, 1.165) is 23.1 Å². The van der Waals surface area contributed by atoms with Crippen molar-refractivity contribution in [1.29, 1.82) is 0 Å². The van der Waals surface area contributed by atoms with Crippen molar-refractivity contribution in [2.24, 2.45) is 11.8 Å². The number of furan rings is 1. The number of carboxylic acid groups (broad SMARTS) is 1. The quantitative estimate of drug-likeness (QED) is 0.640. The lowest BCUT2D eigenvalue weighted by Crippen LogP contribution is -2.47. The van der Waals surface area contributed by atoms with E-state index in [2.05, 4.69) is 4.90 Å². The number of hydrogen-bond donors (Lipinski definition) is 1. The predicted molar refractivity (Wildman–Crippen MR) is 110 cm³/mol. The van der Waals surface area contributed by atoms with Gasteiger partial charge in [-0.2, -0.15) is 0 Å². The highest BCUT2D eigenvalue weighted by Gasteiger charge is 2.35. The molecule has 3 aliphatic heterocycles. The van der Waals surface area contributed by atoms with Crippen LogP contribution >= 0.6 is 0 Å². The van der Waals surface area contributed by atoms with Gasteiger partial charge in [0.1, 0.15) is 5.58 Å². The van der Waals surface area contributed by atoms with Crippen LogP contribution in [0.15, 0.2) is 52.9 Å². The molecule has 3 aromatic rings. The van der Waals surface area contributed by atoms with E-state index >= 15 is 0 Å². The Morgan fingerprint density at radius 3 is 2.59 bits per heavy atom. The molecular weight excluding hydrogens is 366 g/mol. The van der Waals surface area contributed by atoms with Gasteiger partial charge in [-0.05, 0) is 61.5 Å². The van der Waals surface area contributed by atoms with Gasteiger partial charge in [0.05, 0.1) is 5.56 Å². The molecule has 6 rings (SSSR count). The number of aromatic carboxylic acids is 1. The third-order valence-corrected chi connectivity index (χ3v) is 6.48. The number of nitrogens with zero attached hydrogens (tertiary/aromatic N) is 1. The van der Waals surface area contributed by atoms with E-state index < -0.39 is 5.97 Å². The minimum Gasteiger partial charge on any atom is -0.478 e. The van der Waals surface area contributed by atoms with Crippen molar-refractivity contribution in [1.82, 2.24) is 4.90 Å². The van der Waals surface area contributed by atoms with Gasteiger partial charge in [0.15, 0.2) is 11.5 Å². The number of piperidine rings is 3. The topological polar surface area (TPSA) is 70.8 Å². The van der Waals surface area contributed by atoms with Crippen molar-refractivity contribution in [2.75, 3.05) is 19.6 Å². The Bertz CT molecular complexity index is 1090. The van der Waals surface area contributed by atoms with E-state index in [1.54, 1.807) is 18.2 Å². The molecule has 2 aromatic carbocycles. The minimum atomic E-state index is -0.966. The molecular formula is C24H23NO4. The number of ketones is 1. The van der Waals surface area contributed by atoms with E-state index in [9.17, 15) is 14.7 Å². The van der Waals surface area contributed by atoms with E-state index in [-0.39, 0.29) is 11.3 Å². The molecule has 1 atom stereocenters. The second kappa shape index (κ2) is 7.16. The smallest absolute Gasteiger partial charge is 0.335 e. The molecule has 0 spiro atoms. The zero-order valence-electron chi connectivity index (χ0n) is 16.1. The molecule has 0 amide bonds. The molecule has 0 radical (unpaired) electrons. The summed E-state index contributed by atoms with van der Waals surface area (Å²) in [6.07, 6.45) is 2.93. The molecule has 0 unspecified atom stereocenters. The lowest BCUT2D eigenvalue weighted by molar-refractivity contribution is 0.0433. The summed E-state index contributed by atoms with van der Waals surface area (Å²) in [6, 6.07) is 14.3. The van der Waals surface area contributed by atoms with Crippen LogP contribution in [0.1, 0.15) is 40.2 Å². The number of fused-ring (bicyclic) bond motifs is 4. The van der Waals surface area contributed by atoms with Crippen molar-refractivity contribution < 1.29 is 19.1 Å². The summed E-state index contributed by atoms with van der Waals surface area (Å²) in [4.78, 5) is 26.7. The molecule has 148 valence electrons. The van der Waals surface area contributed by atoms with E-state index in [1.165, 1.54) is 25.9 Å². The Kier molecular flexibility index (Phi) is 4.47. The first-order chi connectivity index (χ1) is 14.1. The molecule has 1 aromatic heterocycles. The third-order valence-electron chi connectivity index (χ3n) is 6.48. The summed E-state index contributed by atoms with van der Waals surface area (Å²) in [5.74, 6) is 0.572. The number of para-hydroxylation sites is 1. The van der Waals surface area contributed by atoms with Crippen LogP contribution in [-0.2, 0) is 0 Å². The zero-order chi connectivity index (χ0) is 20.0. The lowest BCUT2D eigenvalue weighted by atomic mass is 9.76. The van der Waals surface area contributed by atoms with Gasteiger partial charge in [-0.3, -0.25) is 4.79 Å². The second-order valence-electron chi connectivity index (χ2n) is 8.25. The van der Waals surface area contributed by atoms with Crippen molar-refractivity contribution in [3.05, 3.63) is 59.9 Å². The summed E-state index contributed by atoms with van der Waals surface area (Å²) >= 11 is 0. The second-order valence-corrected chi connectivity index (χ2v) is 8.25. The molecule has 4 heterocycles. The Morgan fingerprint density at radius 2 is 1.86 bits per heavy atom. The molecule has 3 fully saturated rings. The van der Waals surface area contributed by atoms with Crippen LogP contribution in [0.5, 0.6) is 0 Å². The summed E-state index contributed by atoms with van der Waals surface area (Å²) in [6.45, 7) is 3.35. The fourth-order valence-electron chi connectivity index (χ4n) is 4.91. The average Bonchev–Trinajstić information content (AvgIpc) is 3.19. The van der Waals surface area contributed by atoms with Gasteiger partial charge in [0.2, 0.25) is 0 Å². The summed E-state index contributed by atoms with van der Waals surface area (Å²) in [5, 5.41) is 10.1. The van der Waals surface area contributed by atoms with E-state index in [4.69, 9.17) is 4.42 Å². The Morgan fingerprint density at radius 1 is 1.07 bits per heavy atom. The number of carbonyl (C=O) groups is 2. The molecule has 3 saturated heterocycles. The number of hydrogen-bond acceptors (Lipinski definition) is 4. The third kappa shape index (κ3) is 3.36. The van der Waals surface area contributed by atoms with Crippen LogP contribution in [0.25, 0.3) is 22.1 Å². The van der Waals surface area contributed by atoms with Gasteiger partial charge < -0.3 is 14.4 Å². The van der Waals surface area contributed by atoms with Gasteiger partial charge in [-0.1, -0.05) is 30.3 Å². The van der Waals surface area contributed by atoms with Crippen molar-refractivity contribution in [3.63, 3.8) is 0 Å². The van der Waals surface area contributed by atoms with Crippen LogP contribution in [0.4, 0.5) is 0 Å². The maximum atomic E-state index is 13.0. The zero-order valence-corrected chi connectivity index (χ0v) is 16.1. The van der Waals surface area contributed by atoms with Crippen molar-refractivity contribution in [2.45, 2.75) is 19.3 Å². The number of carbonyl (C=O) groups excluding carboxylic acids is 1. The van der Waals surface area contributed by atoms with Gasteiger partial charge >= 0.3 is 5.97 Å². The molecule has 3 aliphatic rings. The van der Waals surface area contributed by atoms with Gasteiger partial charge in [0.25, 0.3) is 0 Å². The fourth-order valence-corrected chi connectivity index (χ4v) is 4.91. The highest BCUT2D eigenvalue weighted by molar-refractivity contribution is 6.01. The monoisotopic (exact) mass is 389 g/mol. The first-order valence-corrected chi connectivity index (χ1v) is 10.2. The number of rotatable bonds is 5. The number of carboxylic acids is 1. The maximum absolute atomic E-state index is 13.0. The van der Waals surface area contributed by atoms with Crippen LogP contribution in [-0.4, -0.2) is 41.4 Å². The Balaban J connectivity index is 1.45. The number of Topliss-reactive ketones (excluding diaryl/α,β-unsaturated/α-hetero) is 1. The Labute approximate surface area is 168 Å². The highest BCUT2D eigenvalue weighted by atomic mass is 16.4. The van der Waals surface area contributed by atoms with Gasteiger partial charge in [0, 0.05) is 23.9 Å². The predicted octanol–water partition coefficient (Wildman–Crippen LogP) is 4.71. The van der Waals surface area contributed by atoms with Gasteiger partial charge in [-0.15, -0.1) is 0 Å². The van der Waals surface area contributed by atoms with E-state index in [0.29, 0.717) is 29.6 Å². The molecule has 0 aliphatic carbocycles. The highest BCUT2D eigenvalue weighted by Crippen LogP contribution is 2.36. The van der Waals surface area contributed by atoms with Crippen molar-refractivity contribution in [3.8, 4) is 11.1 Å². The molecule has 5 heteroatoms. The normalized spacial score (nSPS) is 23.4. The first kappa shape index (κ1) is 18.1. The minimum absolute atomic E-state index is 0.0604. The largest absolute Gasteiger partial charge is 0.478 e. The standard InChI is InChI=1S/C24H23NO4/c26-21(12-19-14-25-9-7-15(19)8-10-25)22-13-17-4-2-6-20(23(17)29-22)16-3-1-5-18(11-16)24(27)28/h1-6,11,13,15,19H,7-10,12,14H2,(H,27,28)/t19-/m0/s1. The van der Waals surface area contributed by atoms with Crippen LogP contribution in [0.3, 0.4) is 0 Å². The van der Waals surface area contributed by atoms with E-state index in [1.807, 2.05) is 30.3 Å². The maximum Gasteiger partial charge on any atom is 0.335 e. The lowest BCUT2D eigenvalue weighted by Gasteiger charge is -2.44. The number of benzene rings is 2. The van der Waals surface area contributed by atoms with Crippen LogP contribution in [0, 0.1) is 11.8 Å². The molecule has 29 heavy (non-hydrogen) atoms. The van der Waals surface area contributed by atoms with Crippen LogP contribution in [0.2, 0.25) is 0 Å². The average molecular weight is 389 g/mol. The fraction of sp³-hybridized carbons (Fsp3) is 0.333. The summed E-state index contributed by atoms with van der Waals surface area (Å²) in [7, 11) is 0. The van der Waals surface area contributed by atoms with Crippen LogP contribution < -0.4 is 0 Å². The summed E-state index contributed by atoms with van der Waals surface area (Å²) in [5.41, 5.74) is 2.42. The van der Waals surface area contributed by atoms with Gasteiger partial charge in [-0.25, -0.2) is 4.79 Å². The Hall–Kier alpha value is -2.92. The molecule has 5 nitrogen and oxygen atoms in total. The first-order valence-electron chi connectivity index (χ1n) is 10.2. The molecule has 2 bridgehead atoms. The molecule has 0 saturated carbocycles. The summed E-state index contributed by atoms with van der Waals surface area (Å²) < 4.78 is 6.03.